The highest BCUT2D eigenvalue weighted by Crippen LogP contribution is 2.22. The Kier molecular flexibility index (Phi) is 5.72. The molecule has 3 aromatic rings. The number of thioether (sulfide) groups is 1. The number of para-hydroxylation sites is 2. The first-order valence-corrected chi connectivity index (χ1v) is 9.12. The van der Waals surface area contributed by atoms with E-state index in [0.29, 0.717) is 10.6 Å². The molecule has 1 aromatic heterocycles. The molecule has 0 unspecified atom stereocenters. The normalized spacial score (nSPS) is 11.2. The van der Waals surface area contributed by atoms with E-state index in [4.69, 9.17) is 11.6 Å². The number of carbonyl (C=O) groups excluding carboxylic acids is 1. The first-order chi connectivity index (χ1) is 13.0. The van der Waals surface area contributed by atoms with Crippen LogP contribution in [0.15, 0.2) is 52.7 Å². The third-order valence-electron chi connectivity index (χ3n) is 3.66. The third kappa shape index (κ3) is 4.44. The van der Waals surface area contributed by atoms with Gasteiger partial charge in [0.15, 0.2) is 5.16 Å². The number of hydrazone groups is 1. The summed E-state index contributed by atoms with van der Waals surface area (Å²) in [5, 5.41) is 15.6. The van der Waals surface area contributed by atoms with Crippen LogP contribution < -0.4 is 5.43 Å². The van der Waals surface area contributed by atoms with E-state index in [-0.39, 0.29) is 17.3 Å². The smallest absolute Gasteiger partial charge is 0.270 e. The standard InChI is InChI=1S/C17H14ClN5O3S/c1-22-15-5-3-2-4-14(15)20-17(22)27-10-16(24)21-19-9-11-8-12(23(25)26)6-7-13(11)18/h2-9H,10H2,1H3,(H,21,24)/b19-9+. The lowest BCUT2D eigenvalue weighted by atomic mass is 10.2. The van der Waals surface area contributed by atoms with Crippen LogP contribution in [0.2, 0.25) is 5.02 Å². The molecule has 0 saturated carbocycles. The molecule has 1 amide bonds. The Labute approximate surface area is 163 Å². The molecule has 3 rings (SSSR count). The van der Waals surface area contributed by atoms with E-state index in [9.17, 15) is 14.9 Å². The van der Waals surface area contributed by atoms with E-state index >= 15 is 0 Å². The minimum Gasteiger partial charge on any atom is -0.322 e. The molecule has 138 valence electrons. The van der Waals surface area contributed by atoms with Crippen molar-refractivity contribution in [1.82, 2.24) is 15.0 Å². The van der Waals surface area contributed by atoms with Crippen LogP contribution in [-0.4, -0.2) is 32.3 Å². The number of aryl methyl sites for hydroxylation is 1. The zero-order valence-corrected chi connectivity index (χ0v) is 15.7. The Morgan fingerprint density at radius 1 is 1.41 bits per heavy atom. The Hall–Kier alpha value is -2.91. The summed E-state index contributed by atoms with van der Waals surface area (Å²) >= 11 is 7.26. The number of imidazole rings is 1. The van der Waals surface area contributed by atoms with Crippen LogP contribution in [0.1, 0.15) is 5.56 Å². The molecule has 1 N–H and O–H groups in total. The van der Waals surface area contributed by atoms with E-state index in [2.05, 4.69) is 15.5 Å². The summed E-state index contributed by atoms with van der Waals surface area (Å²) in [5.74, 6) is -0.207. The van der Waals surface area contributed by atoms with Gasteiger partial charge in [-0.3, -0.25) is 14.9 Å². The molecule has 0 spiro atoms. The van der Waals surface area contributed by atoms with Gasteiger partial charge in [-0.2, -0.15) is 5.10 Å². The first kappa shape index (κ1) is 18.9. The molecule has 1 heterocycles. The van der Waals surface area contributed by atoms with Crippen molar-refractivity contribution >= 4 is 52.2 Å². The number of carbonyl (C=O) groups is 1. The van der Waals surface area contributed by atoms with Gasteiger partial charge in [-0.1, -0.05) is 35.5 Å². The van der Waals surface area contributed by atoms with Gasteiger partial charge in [-0.25, -0.2) is 10.4 Å². The monoisotopic (exact) mass is 403 g/mol. The second kappa shape index (κ2) is 8.19. The zero-order valence-electron chi connectivity index (χ0n) is 14.1. The van der Waals surface area contributed by atoms with Crippen molar-refractivity contribution in [3.05, 3.63) is 63.2 Å². The molecule has 0 atom stereocenters. The number of amides is 1. The molecule has 2 aromatic carbocycles. The van der Waals surface area contributed by atoms with Gasteiger partial charge in [0.25, 0.3) is 11.6 Å². The van der Waals surface area contributed by atoms with Gasteiger partial charge < -0.3 is 4.57 Å². The fraction of sp³-hybridized carbons (Fsp3) is 0.118. The molecule has 8 nitrogen and oxygen atoms in total. The van der Waals surface area contributed by atoms with Gasteiger partial charge in [0.1, 0.15) is 0 Å². The van der Waals surface area contributed by atoms with Crippen molar-refractivity contribution in [2.24, 2.45) is 12.1 Å². The van der Waals surface area contributed by atoms with Crippen LogP contribution in [0.25, 0.3) is 11.0 Å². The Morgan fingerprint density at radius 2 is 2.19 bits per heavy atom. The summed E-state index contributed by atoms with van der Waals surface area (Å²) in [4.78, 5) is 26.7. The molecule has 27 heavy (non-hydrogen) atoms. The molecule has 10 heteroatoms. The Balaban J connectivity index is 1.59. The van der Waals surface area contributed by atoms with Gasteiger partial charge in [-0.15, -0.1) is 0 Å². The molecule has 0 aliphatic heterocycles. The highest BCUT2D eigenvalue weighted by Gasteiger charge is 2.11. The second-order valence-corrected chi connectivity index (χ2v) is 6.84. The lowest BCUT2D eigenvalue weighted by Crippen LogP contribution is -2.19. The maximum absolute atomic E-state index is 12.0. The summed E-state index contributed by atoms with van der Waals surface area (Å²) < 4.78 is 1.92. The van der Waals surface area contributed by atoms with Crippen molar-refractivity contribution < 1.29 is 9.72 Å². The largest absolute Gasteiger partial charge is 0.322 e. The van der Waals surface area contributed by atoms with Gasteiger partial charge in [0, 0.05) is 29.8 Å². The average Bonchev–Trinajstić information content (AvgIpc) is 2.97. The third-order valence-corrected chi connectivity index (χ3v) is 5.04. The predicted octanol–water partition coefficient (Wildman–Crippen LogP) is 3.38. The number of hydrogen-bond acceptors (Lipinski definition) is 6. The van der Waals surface area contributed by atoms with Gasteiger partial charge in [-0.05, 0) is 18.2 Å². The number of aromatic nitrogens is 2. The maximum atomic E-state index is 12.0. The summed E-state index contributed by atoms with van der Waals surface area (Å²) in [6, 6.07) is 11.7. The minimum atomic E-state index is -0.528. The van der Waals surface area contributed by atoms with E-state index in [0.717, 1.165) is 16.2 Å². The summed E-state index contributed by atoms with van der Waals surface area (Å²) in [5.41, 5.74) is 4.46. The highest BCUT2D eigenvalue weighted by atomic mass is 35.5. The van der Waals surface area contributed by atoms with Gasteiger partial charge in [0.05, 0.1) is 27.9 Å². The Bertz CT molecular complexity index is 1050. The number of halogens is 1. The van der Waals surface area contributed by atoms with Crippen LogP contribution in [0.5, 0.6) is 0 Å². The number of nitrogens with zero attached hydrogens (tertiary/aromatic N) is 4. The molecular formula is C17H14ClN5O3S. The van der Waals surface area contributed by atoms with Crippen LogP contribution in [0, 0.1) is 10.1 Å². The number of fused-ring (bicyclic) bond motifs is 1. The second-order valence-electron chi connectivity index (χ2n) is 5.49. The lowest BCUT2D eigenvalue weighted by molar-refractivity contribution is -0.384. The molecule has 0 bridgehead atoms. The molecule has 0 radical (unpaired) electrons. The average molecular weight is 404 g/mol. The van der Waals surface area contributed by atoms with Crippen molar-refractivity contribution in [1.29, 1.82) is 0 Å². The first-order valence-electron chi connectivity index (χ1n) is 7.76. The number of hydrogen-bond donors (Lipinski definition) is 1. The molecular weight excluding hydrogens is 390 g/mol. The van der Waals surface area contributed by atoms with Gasteiger partial charge in [0.2, 0.25) is 0 Å². The van der Waals surface area contributed by atoms with E-state index < -0.39 is 4.92 Å². The maximum Gasteiger partial charge on any atom is 0.270 e. The molecule has 0 aliphatic rings. The summed E-state index contributed by atoms with van der Waals surface area (Å²) in [7, 11) is 1.89. The Morgan fingerprint density at radius 3 is 2.93 bits per heavy atom. The quantitative estimate of drug-likeness (QED) is 0.294. The lowest BCUT2D eigenvalue weighted by Gasteiger charge is -2.02. The van der Waals surface area contributed by atoms with Crippen LogP contribution in [0.3, 0.4) is 0 Å². The SMILES string of the molecule is Cn1c(SCC(=O)N/N=C/c2cc([N+](=O)[O-])ccc2Cl)nc2ccccc21. The molecule has 0 saturated heterocycles. The number of nitro groups is 1. The van der Waals surface area contributed by atoms with Crippen molar-refractivity contribution in [3.63, 3.8) is 0 Å². The zero-order chi connectivity index (χ0) is 19.4. The fourth-order valence-electron chi connectivity index (χ4n) is 2.33. The number of benzene rings is 2. The van der Waals surface area contributed by atoms with Crippen molar-refractivity contribution in [2.75, 3.05) is 5.75 Å². The number of rotatable bonds is 6. The van der Waals surface area contributed by atoms with Crippen molar-refractivity contribution in [2.45, 2.75) is 5.16 Å². The van der Waals surface area contributed by atoms with Crippen molar-refractivity contribution in [3.8, 4) is 0 Å². The molecule has 0 aliphatic carbocycles. The summed E-state index contributed by atoms with van der Waals surface area (Å²) in [6.45, 7) is 0. The van der Waals surface area contributed by atoms with E-state index in [1.807, 2.05) is 35.9 Å². The fourth-order valence-corrected chi connectivity index (χ4v) is 3.28. The minimum absolute atomic E-state index is 0.107. The number of nitro benzene ring substituents is 1. The van der Waals surface area contributed by atoms with Crippen LogP contribution in [0.4, 0.5) is 5.69 Å². The van der Waals surface area contributed by atoms with Crippen LogP contribution in [-0.2, 0) is 11.8 Å². The topological polar surface area (TPSA) is 102 Å². The summed E-state index contributed by atoms with van der Waals surface area (Å²) in [6.07, 6.45) is 1.27. The van der Waals surface area contributed by atoms with E-state index in [1.165, 1.54) is 36.2 Å². The van der Waals surface area contributed by atoms with Gasteiger partial charge >= 0.3 is 0 Å². The highest BCUT2D eigenvalue weighted by molar-refractivity contribution is 7.99. The van der Waals surface area contributed by atoms with Crippen LogP contribution >= 0.6 is 23.4 Å². The number of nitrogens with one attached hydrogen (secondary N) is 1. The predicted molar refractivity (Wildman–Crippen MR) is 105 cm³/mol. The number of non-ortho nitro benzene ring substituents is 1. The molecule has 0 fully saturated rings. The van der Waals surface area contributed by atoms with E-state index in [1.54, 1.807) is 0 Å².